The average Bonchev–Trinajstić information content (AvgIpc) is 3.86. The maximum absolute atomic E-state index is 6.81. The Morgan fingerprint density at radius 1 is 0.271 bits per heavy atom. The normalized spacial score (nSPS) is 11.7. The van der Waals surface area contributed by atoms with Crippen LogP contribution in [0.3, 0.4) is 0 Å². The van der Waals surface area contributed by atoms with E-state index in [1.54, 1.807) is 0 Å². The summed E-state index contributed by atoms with van der Waals surface area (Å²) in [5, 5.41) is 4.80. The summed E-state index contributed by atoms with van der Waals surface area (Å²) in [6.07, 6.45) is 0. The quantitative estimate of drug-likeness (QED) is 0.170. The van der Waals surface area contributed by atoms with Gasteiger partial charge in [0.2, 0.25) is 0 Å². The van der Waals surface area contributed by atoms with Crippen LogP contribution in [0.5, 0.6) is 0 Å². The van der Waals surface area contributed by atoms with Gasteiger partial charge in [-0.1, -0.05) is 194 Å². The van der Waals surface area contributed by atoms with E-state index in [0.717, 1.165) is 60.9 Å². The van der Waals surface area contributed by atoms with E-state index in [4.69, 9.17) is 19.4 Å². The van der Waals surface area contributed by atoms with E-state index >= 15 is 0 Å². The molecule has 9 aromatic carbocycles. The Bertz CT molecular complexity index is 3290. The summed E-state index contributed by atoms with van der Waals surface area (Å²) in [6.45, 7) is 0. The Kier molecular flexibility index (Phi) is 7.50. The van der Waals surface area contributed by atoms with E-state index in [9.17, 15) is 0 Å². The van der Waals surface area contributed by atoms with Crippen LogP contribution < -0.4 is 0 Å². The minimum atomic E-state index is 0.613. The number of furan rings is 1. The van der Waals surface area contributed by atoms with Crippen LogP contribution >= 0.6 is 0 Å². The van der Waals surface area contributed by atoms with E-state index in [0.29, 0.717) is 17.5 Å². The number of nitrogens with zero attached hydrogens (tertiary/aromatic N) is 3. The van der Waals surface area contributed by atoms with Gasteiger partial charge in [-0.15, -0.1) is 0 Å². The van der Waals surface area contributed by atoms with Crippen molar-refractivity contribution in [1.82, 2.24) is 15.0 Å². The maximum Gasteiger partial charge on any atom is 0.164 e. The van der Waals surface area contributed by atoms with Gasteiger partial charge in [0.15, 0.2) is 17.5 Å². The third-order valence-corrected chi connectivity index (χ3v) is 11.7. The van der Waals surface area contributed by atoms with Gasteiger partial charge in [0.05, 0.1) is 0 Å². The molecule has 0 spiro atoms. The molecule has 12 rings (SSSR count). The standard InChI is InChI=1S/C55H33N3O/c1-3-11-34(12-4-1)36-21-27-39(28-22-36)53-56-54(40-29-23-37(24-30-40)35-13-5-2-6-14-35)58-55(57-53)41-31-25-38(26-32-41)42-17-9-20-47-51-46-19-10-18-45-43-15-7-8-16-44(43)48(50(45)46)33-49(51)59-52(42)47/h1-33H. The summed E-state index contributed by atoms with van der Waals surface area (Å²) in [4.78, 5) is 15.2. The van der Waals surface area contributed by atoms with Crippen LogP contribution in [0.4, 0.5) is 0 Å². The van der Waals surface area contributed by atoms with E-state index in [2.05, 4.69) is 188 Å². The molecule has 0 unspecified atom stereocenters. The van der Waals surface area contributed by atoms with Crippen LogP contribution in [0.25, 0.3) is 123 Å². The van der Waals surface area contributed by atoms with Crippen molar-refractivity contribution in [2.45, 2.75) is 0 Å². The zero-order valence-corrected chi connectivity index (χ0v) is 31.8. The second-order valence-electron chi connectivity index (χ2n) is 15.1. The van der Waals surface area contributed by atoms with E-state index < -0.39 is 0 Å². The summed E-state index contributed by atoms with van der Waals surface area (Å²) in [5.41, 5.74) is 16.3. The van der Waals surface area contributed by atoms with E-state index in [1.807, 2.05) is 12.1 Å². The Morgan fingerprint density at radius 3 is 1.22 bits per heavy atom. The lowest BCUT2D eigenvalue weighted by molar-refractivity contribution is 0.670. The van der Waals surface area contributed by atoms with Gasteiger partial charge in [-0.05, 0) is 66.9 Å². The molecular formula is C55H33N3O. The highest BCUT2D eigenvalue weighted by atomic mass is 16.3. The Morgan fingerprint density at radius 2 is 0.678 bits per heavy atom. The third kappa shape index (κ3) is 5.49. The Hall–Kier alpha value is -7.95. The Balaban J connectivity index is 0.946. The monoisotopic (exact) mass is 751 g/mol. The highest BCUT2D eigenvalue weighted by Crippen LogP contribution is 2.51. The van der Waals surface area contributed by atoms with E-state index in [1.165, 1.54) is 44.2 Å². The minimum absolute atomic E-state index is 0.613. The molecule has 0 fully saturated rings. The number of hydrogen-bond donors (Lipinski definition) is 0. The van der Waals surface area contributed by atoms with Crippen LogP contribution in [0.15, 0.2) is 205 Å². The first-order valence-electron chi connectivity index (χ1n) is 19.9. The lowest BCUT2D eigenvalue weighted by atomic mass is 9.96. The second-order valence-corrected chi connectivity index (χ2v) is 15.1. The summed E-state index contributed by atoms with van der Waals surface area (Å²) in [5.74, 6) is 1.86. The fraction of sp³-hybridized carbons (Fsp3) is 0. The fourth-order valence-corrected chi connectivity index (χ4v) is 8.83. The molecule has 1 aliphatic carbocycles. The van der Waals surface area contributed by atoms with Gasteiger partial charge in [0, 0.05) is 33.0 Å². The topological polar surface area (TPSA) is 51.8 Å². The third-order valence-electron chi connectivity index (χ3n) is 11.7. The highest BCUT2D eigenvalue weighted by Gasteiger charge is 2.25. The minimum Gasteiger partial charge on any atom is -0.455 e. The molecule has 4 nitrogen and oxygen atoms in total. The van der Waals surface area contributed by atoms with Crippen LogP contribution in [-0.4, -0.2) is 15.0 Å². The van der Waals surface area contributed by atoms with Crippen molar-refractivity contribution in [2.24, 2.45) is 0 Å². The number of benzene rings is 9. The van der Waals surface area contributed by atoms with Gasteiger partial charge >= 0.3 is 0 Å². The van der Waals surface area contributed by atoms with Crippen LogP contribution in [0.1, 0.15) is 0 Å². The summed E-state index contributed by atoms with van der Waals surface area (Å²) >= 11 is 0. The molecular weight excluding hydrogens is 719 g/mol. The molecule has 0 atom stereocenters. The first-order valence-corrected chi connectivity index (χ1v) is 19.9. The average molecular weight is 752 g/mol. The van der Waals surface area contributed by atoms with Gasteiger partial charge in [-0.2, -0.15) is 0 Å². The highest BCUT2D eigenvalue weighted by molar-refractivity contribution is 6.28. The SMILES string of the molecule is c1ccc(-c2ccc(-c3nc(-c4ccc(-c5ccccc5)cc4)nc(-c4ccc(-c5cccc6c5oc5cc7c8c(cccc8c56)-c5ccccc5-7)cc4)n3)cc2)cc1. The molecule has 0 saturated heterocycles. The van der Waals surface area contributed by atoms with Gasteiger partial charge in [0.1, 0.15) is 11.2 Å². The van der Waals surface area contributed by atoms with E-state index in [-0.39, 0.29) is 0 Å². The molecule has 4 heteroatoms. The molecule has 2 heterocycles. The lowest BCUT2D eigenvalue weighted by Gasteiger charge is -2.10. The molecule has 0 N–H and O–H groups in total. The van der Waals surface area contributed by atoms with Crippen LogP contribution in [0, 0.1) is 0 Å². The van der Waals surface area contributed by atoms with Crippen LogP contribution in [0.2, 0.25) is 0 Å². The molecule has 2 aromatic heterocycles. The smallest absolute Gasteiger partial charge is 0.164 e. The van der Waals surface area contributed by atoms with Gasteiger partial charge in [-0.25, -0.2) is 15.0 Å². The molecule has 11 aromatic rings. The fourth-order valence-electron chi connectivity index (χ4n) is 8.83. The molecule has 0 amide bonds. The largest absolute Gasteiger partial charge is 0.455 e. The molecule has 0 aliphatic heterocycles. The van der Waals surface area contributed by atoms with Crippen molar-refractivity contribution < 1.29 is 4.42 Å². The van der Waals surface area contributed by atoms with Crippen molar-refractivity contribution in [3.8, 4) is 89.8 Å². The van der Waals surface area contributed by atoms with Gasteiger partial charge in [-0.3, -0.25) is 0 Å². The summed E-state index contributed by atoms with van der Waals surface area (Å²) in [7, 11) is 0. The predicted octanol–water partition coefficient (Wildman–Crippen LogP) is 14.6. The Labute approximate surface area is 340 Å². The summed E-state index contributed by atoms with van der Waals surface area (Å²) in [6, 6.07) is 70.2. The zero-order valence-electron chi connectivity index (χ0n) is 31.8. The van der Waals surface area contributed by atoms with Crippen molar-refractivity contribution in [1.29, 1.82) is 0 Å². The molecule has 59 heavy (non-hydrogen) atoms. The number of aromatic nitrogens is 3. The molecule has 0 bridgehead atoms. The maximum atomic E-state index is 6.81. The first kappa shape index (κ1) is 33.2. The first-order chi connectivity index (χ1) is 29.2. The lowest BCUT2D eigenvalue weighted by Crippen LogP contribution is -2.00. The number of hydrogen-bond acceptors (Lipinski definition) is 4. The molecule has 274 valence electrons. The second kappa shape index (κ2) is 13.3. The van der Waals surface area contributed by atoms with Crippen molar-refractivity contribution >= 4 is 32.7 Å². The van der Waals surface area contributed by atoms with Crippen LogP contribution in [-0.2, 0) is 0 Å². The number of rotatable bonds is 6. The zero-order chi connectivity index (χ0) is 38.9. The molecule has 1 aliphatic rings. The number of fused-ring (bicyclic) bond motifs is 7. The molecule has 0 radical (unpaired) electrons. The van der Waals surface area contributed by atoms with Crippen molar-refractivity contribution in [3.63, 3.8) is 0 Å². The number of para-hydroxylation sites is 1. The predicted molar refractivity (Wildman–Crippen MR) is 242 cm³/mol. The van der Waals surface area contributed by atoms with Crippen molar-refractivity contribution in [2.75, 3.05) is 0 Å². The van der Waals surface area contributed by atoms with Gasteiger partial charge < -0.3 is 4.42 Å². The van der Waals surface area contributed by atoms with Gasteiger partial charge in [0.25, 0.3) is 0 Å². The summed E-state index contributed by atoms with van der Waals surface area (Å²) < 4.78 is 6.81. The molecule has 0 saturated carbocycles. The van der Waals surface area contributed by atoms with Crippen molar-refractivity contribution in [3.05, 3.63) is 200 Å².